The molecule has 1 unspecified atom stereocenters. The first-order chi connectivity index (χ1) is 14.9. The Labute approximate surface area is 190 Å². The Morgan fingerprint density at radius 1 is 1.03 bits per heavy atom. The average Bonchev–Trinajstić information content (AvgIpc) is 2.77. The van der Waals surface area contributed by atoms with Gasteiger partial charge in [0.15, 0.2) is 0 Å². The van der Waals surface area contributed by atoms with Crippen molar-refractivity contribution in [3.05, 3.63) is 65.2 Å². The lowest BCUT2D eigenvalue weighted by Crippen LogP contribution is -2.49. The van der Waals surface area contributed by atoms with Crippen molar-refractivity contribution >= 4 is 23.4 Å². The van der Waals surface area contributed by atoms with Gasteiger partial charge in [0, 0.05) is 24.5 Å². The monoisotopic (exact) mass is 444 g/mol. The fraction of sp³-hybridized carbons (Fsp3) is 0.440. The van der Waals surface area contributed by atoms with Gasteiger partial charge in [-0.2, -0.15) is 0 Å². The number of halogens is 1. The number of nitrogens with zero attached hydrogens (tertiary/aromatic N) is 1. The highest BCUT2D eigenvalue weighted by Crippen LogP contribution is 2.16. The van der Waals surface area contributed by atoms with Crippen molar-refractivity contribution in [1.82, 2.24) is 10.2 Å². The predicted molar refractivity (Wildman–Crippen MR) is 125 cm³/mol. The lowest BCUT2D eigenvalue weighted by molar-refractivity contribution is -0.140. The molecule has 1 N–H and O–H groups in total. The third-order valence-corrected chi connectivity index (χ3v) is 5.21. The molecule has 2 rings (SSSR count). The van der Waals surface area contributed by atoms with Crippen molar-refractivity contribution < 1.29 is 14.3 Å². The van der Waals surface area contributed by atoms with E-state index in [1.807, 2.05) is 44.2 Å². The van der Waals surface area contributed by atoms with Crippen LogP contribution in [0.5, 0.6) is 5.75 Å². The number of amides is 2. The molecule has 0 saturated carbocycles. The lowest BCUT2D eigenvalue weighted by Gasteiger charge is -2.29. The first kappa shape index (κ1) is 24.7. The minimum absolute atomic E-state index is 0.0390. The fourth-order valence-corrected chi connectivity index (χ4v) is 3.24. The van der Waals surface area contributed by atoms with Gasteiger partial charge in [0.25, 0.3) is 0 Å². The zero-order valence-corrected chi connectivity index (χ0v) is 19.4. The van der Waals surface area contributed by atoms with Gasteiger partial charge in [0.1, 0.15) is 11.8 Å². The number of hydrogen-bond donors (Lipinski definition) is 1. The molecule has 31 heavy (non-hydrogen) atoms. The summed E-state index contributed by atoms with van der Waals surface area (Å²) in [6, 6.07) is 16.6. The van der Waals surface area contributed by atoms with E-state index < -0.39 is 6.04 Å². The molecule has 2 amide bonds. The minimum Gasteiger partial charge on any atom is -0.494 e. The van der Waals surface area contributed by atoms with Gasteiger partial charge in [0.2, 0.25) is 11.8 Å². The maximum Gasteiger partial charge on any atom is 0.242 e. The summed E-state index contributed by atoms with van der Waals surface area (Å²) in [5, 5.41) is 3.59. The Kier molecular flexibility index (Phi) is 10.4. The summed E-state index contributed by atoms with van der Waals surface area (Å²) in [6.45, 7) is 7.40. The van der Waals surface area contributed by atoms with E-state index in [0.717, 1.165) is 11.3 Å². The first-order valence-corrected chi connectivity index (χ1v) is 11.2. The van der Waals surface area contributed by atoms with Crippen LogP contribution in [0.3, 0.4) is 0 Å². The molecule has 168 valence electrons. The van der Waals surface area contributed by atoms with Crippen molar-refractivity contribution in [3.8, 4) is 5.75 Å². The van der Waals surface area contributed by atoms with Crippen LogP contribution in [-0.2, 0) is 16.0 Å². The van der Waals surface area contributed by atoms with Crippen molar-refractivity contribution in [1.29, 1.82) is 0 Å². The summed E-state index contributed by atoms with van der Waals surface area (Å²) in [6.07, 6.45) is 1.60. The van der Waals surface area contributed by atoms with E-state index in [4.69, 9.17) is 16.3 Å². The van der Waals surface area contributed by atoms with E-state index in [9.17, 15) is 9.59 Å². The smallest absolute Gasteiger partial charge is 0.242 e. The molecule has 0 aliphatic heterocycles. The van der Waals surface area contributed by atoms with Crippen LogP contribution >= 0.6 is 11.6 Å². The second-order valence-electron chi connectivity index (χ2n) is 8.04. The Bertz CT molecular complexity index is 809. The molecule has 0 fully saturated rings. The maximum atomic E-state index is 13.0. The van der Waals surface area contributed by atoms with Crippen molar-refractivity contribution in [2.45, 2.75) is 46.1 Å². The Balaban J connectivity index is 1.92. The van der Waals surface area contributed by atoms with Crippen LogP contribution in [0.15, 0.2) is 54.6 Å². The van der Waals surface area contributed by atoms with Crippen molar-refractivity contribution in [3.63, 3.8) is 0 Å². The van der Waals surface area contributed by atoms with Gasteiger partial charge >= 0.3 is 0 Å². The third-order valence-electron chi connectivity index (χ3n) is 4.95. The summed E-state index contributed by atoms with van der Waals surface area (Å²) >= 11 is 5.88. The van der Waals surface area contributed by atoms with E-state index in [-0.39, 0.29) is 11.8 Å². The van der Waals surface area contributed by atoms with E-state index >= 15 is 0 Å². The second-order valence-corrected chi connectivity index (χ2v) is 8.48. The van der Waals surface area contributed by atoms with Crippen LogP contribution in [0.1, 0.15) is 39.2 Å². The standard InChI is InChI=1S/C25H33ClN2O3/c1-19(2)18-27-25(30)20(3)28(16-15-21-8-5-4-6-9-21)24(29)10-7-17-31-23-13-11-22(26)12-14-23/h4-6,8-9,11-14,19-20H,7,10,15-18H2,1-3H3,(H,27,30). The van der Waals surface area contributed by atoms with Gasteiger partial charge in [0.05, 0.1) is 6.61 Å². The van der Waals surface area contributed by atoms with Crippen LogP contribution in [0, 0.1) is 5.92 Å². The van der Waals surface area contributed by atoms with E-state index in [1.165, 1.54) is 0 Å². The highest BCUT2D eigenvalue weighted by atomic mass is 35.5. The average molecular weight is 445 g/mol. The molecule has 0 saturated heterocycles. The molecule has 0 bridgehead atoms. The maximum absolute atomic E-state index is 13.0. The first-order valence-electron chi connectivity index (χ1n) is 10.9. The molecular formula is C25H33ClN2O3. The number of nitrogens with one attached hydrogen (secondary N) is 1. The number of hydrogen-bond acceptors (Lipinski definition) is 3. The molecule has 0 aliphatic rings. The summed E-state index contributed by atoms with van der Waals surface area (Å²) in [5.41, 5.74) is 1.14. The zero-order valence-electron chi connectivity index (χ0n) is 18.6. The van der Waals surface area contributed by atoms with Gasteiger partial charge in [-0.1, -0.05) is 55.8 Å². The van der Waals surface area contributed by atoms with E-state index in [1.54, 1.807) is 36.1 Å². The third kappa shape index (κ3) is 9.01. The van der Waals surface area contributed by atoms with Gasteiger partial charge < -0.3 is 15.0 Å². The predicted octanol–water partition coefficient (Wildman–Crippen LogP) is 4.73. The molecular weight excluding hydrogens is 412 g/mol. The number of carbonyl (C=O) groups excluding carboxylic acids is 2. The molecule has 2 aromatic carbocycles. The summed E-state index contributed by atoms with van der Waals surface area (Å²) in [7, 11) is 0. The summed E-state index contributed by atoms with van der Waals surface area (Å²) < 4.78 is 5.68. The Hall–Kier alpha value is -2.53. The van der Waals surface area contributed by atoms with Crippen LogP contribution in [0.4, 0.5) is 0 Å². The number of benzene rings is 2. The van der Waals surface area contributed by atoms with Crippen LogP contribution in [0.2, 0.25) is 5.02 Å². The zero-order chi connectivity index (χ0) is 22.6. The highest BCUT2D eigenvalue weighted by molar-refractivity contribution is 6.30. The quantitative estimate of drug-likeness (QED) is 0.481. The molecule has 1 atom stereocenters. The lowest BCUT2D eigenvalue weighted by atomic mass is 10.1. The normalized spacial score (nSPS) is 11.8. The van der Waals surface area contributed by atoms with Crippen LogP contribution in [-0.4, -0.2) is 42.5 Å². The number of rotatable bonds is 12. The van der Waals surface area contributed by atoms with Crippen molar-refractivity contribution in [2.24, 2.45) is 5.92 Å². The SMILES string of the molecule is CC(C)CNC(=O)C(C)N(CCc1ccccc1)C(=O)CCCOc1ccc(Cl)cc1. The topological polar surface area (TPSA) is 58.6 Å². The molecule has 6 heteroatoms. The fourth-order valence-electron chi connectivity index (χ4n) is 3.11. The molecule has 0 spiro atoms. The van der Waals surface area contributed by atoms with Gasteiger partial charge in [-0.3, -0.25) is 9.59 Å². The van der Waals surface area contributed by atoms with Crippen LogP contribution in [0.25, 0.3) is 0 Å². The second kappa shape index (κ2) is 13.0. The largest absolute Gasteiger partial charge is 0.494 e. The Morgan fingerprint density at radius 3 is 2.35 bits per heavy atom. The van der Waals surface area contributed by atoms with Crippen LogP contribution < -0.4 is 10.1 Å². The molecule has 5 nitrogen and oxygen atoms in total. The highest BCUT2D eigenvalue weighted by Gasteiger charge is 2.25. The molecule has 0 heterocycles. The molecule has 2 aromatic rings. The number of carbonyl (C=O) groups is 2. The van der Waals surface area contributed by atoms with Gasteiger partial charge in [-0.25, -0.2) is 0 Å². The number of ether oxygens (including phenoxy) is 1. The van der Waals surface area contributed by atoms with E-state index in [2.05, 4.69) is 5.32 Å². The molecule has 0 radical (unpaired) electrons. The van der Waals surface area contributed by atoms with Gasteiger partial charge in [-0.15, -0.1) is 0 Å². The molecule has 0 aliphatic carbocycles. The van der Waals surface area contributed by atoms with E-state index in [0.29, 0.717) is 49.9 Å². The minimum atomic E-state index is -0.521. The molecule has 0 aromatic heterocycles. The van der Waals surface area contributed by atoms with Crippen molar-refractivity contribution in [2.75, 3.05) is 19.7 Å². The summed E-state index contributed by atoms with van der Waals surface area (Å²) in [5.74, 6) is 0.921. The Morgan fingerprint density at radius 2 is 1.71 bits per heavy atom. The van der Waals surface area contributed by atoms with Gasteiger partial charge in [-0.05, 0) is 55.5 Å². The summed E-state index contributed by atoms with van der Waals surface area (Å²) in [4.78, 5) is 27.3.